The van der Waals surface area contributed by atoms with Gasteiger partial charge in [0.15, 0.2) is 0 Å². The van der Waals surface area contributed by atoms with Crippen LogP contribution in [0.15, 0.2) is 24.3 Å². The van der Waals surface area contributed by atoms with Gasteiger partial charge in [0.05, 0.1) is 0 Å². The zero-order valence-electron chi connectivity index (χ0n) is 14.6. The number of carbonyl (C=O) groups excluding carboxylic acids is 2. The largest absolute Gasteiger partial charge is 0.508 e. The van der Waals surface area contributed by atoms with E-state index in [-0.39, 0.29) is 24.8 Å². The normalized spacial score (nSPS) is 17.3. The summed E-state index contributed by atoms with van der Waals surface area (Å²) >= 11 is 0. The second-order valence-corrected chi connectivity index (χ2v) is 7.74. The third-order valence-corrected chi connectivity index (χ3v) is 5.36. The molecular weight excluding hydrogens is 360 g/mol. The highest BCUT2D eigenvalue weighted by atomic mass is 32.2. The molecule has 1 aliphatic rings. The van der Waals surface area contributed by atoms with Crippen molar-refractivity contribution >= 4 is 22.0 Å². The zero-order chi connectivity index (χ0) is 19.2. The van der Waals surface area contributed by atoms with Gasteiger partial charge >= 0.3 is 11.8 Å². The minimum absolute atomic E-state index is 0.142. The van der Waals surface area contributed by atoms with Crippen molar-refractivity contribution in [3.63, 3.8) is 0 Å². The maximum atomic E-state index is 12.2. The van der Waals surface area contributed by atoms with Crippen molar-refractivity contribution in [2.75, 3.05) is 33.2 Å². The minimum atomic E-state index is -3.49. The van der Waals surface area contributed by atoms with E-state index in [4.69, 9.17) is 0 Å². The topological polar surface area (TPSA) is 128 Å². The number of phenolic OH excluding ortho intramolecular Hbond substituents is 1. The molecule has 0 spiro atoms. The zero-order valence-corrected chi connectivity index (χ0v) is 15.4. The lowest BCUT2D eigenvalue weighted by atomic mass is 9.98. The molecule has 9 nitrogen and oxygen atoms in total. The second kappa shape index (κ2) is 8.97. The lowest BCUT2D eigenvalue weighted by Crippen LogP contribution is -2.43. The molecule has 1 heterocycles. The Morgan fingerprint density at radius 1 is 1.23 bits per heavy atom. The van der Waals surface area contributed by atoms with E-state index in [0.29, 0.717) is 19.5 Å². The first-order valence-electron chi connectivity index (χ1n) is 8.36. The number of nitrogens with zero attached hydrogens (tertiary/aromatic N) is 1. The van der Waals surface area contributed by atoms with E-state index >= 15 is 0 Å². The molecule has 144 valence electrons. The van der Waals surface area contributed by atoms with Gasteiger partial charge in [0.1, 0.15) is 5.75 Å². The molecule has 0 radical (unpaired) electrons. The number of nitrogens with one attached hydrogen (secondary N) is 3. The van der Waals surface area contributed by atoms with Crippen LogP contribution in [-0.4, -0.2) is 63.5 Å². The molecule has 4 N–H and O–H groups in total. The van der Waals surface area contributed by atoms with Gasteiger partial charge in [-0.2, -0.15) is 8.42 Å². The lowest BCUT2D eigenvalue weighted by Gasteiger charge is -2.16. The summed E-state index contributed by atoms with van der Waals surface area (Å²) in [5.41, 5.74) is 1.02. The van der Waals surface area contributed by atoms with Gasteiger partial charge < -0.3 is 15.3 Å². The van der Waals surface area contributed by atoms with Gasteiger partial charge in [0, 0.05) is 39.1 Å². The van der Waals surface area contributed by atoms with E-state index in [1.807, 2.05) is 12.1 Å². The standard InChI is InChI=1S/C16H24N4O5S/c1-17-26(24,25)19-9-2-8-18-15(22)16(23)20-10-7-13(11-20)12-3-5-14(21)6-4-12/h3-6,13,17,19,21H,2,7-11H2,1H3,(H,18,22). The van der Waals surface area contributed by atoms with Crippen LogP contribution in [0, 0.1) is 0 Å². The number of hydrogen-bond donors (Lipinski definition) is 4. The molecule has 1 unspecified atom stereocenters. The van der Waals surface area contributed by atoms with Gasteiger partial charge in [-0.3, -0.25) is 9.59 Å². The molecule has 1 saturated heterocycles. The number of hydrogen-bond acceptors (Lipinski definition) is 5. The van der Waals surface area contributed by atoms with E-state index < -0.39 is 22.0 Å². The minimum Gasteiger partial charge on any atom is -0.508 e. The Hall–Kier alpha value is -2.17. The quantitative estimate of drug-likeness (QED) is 0.364. The third-order valence-electron chi connectivity index (χ3n) is 4.23. The summed E-state index contributed by atoms with van der Waals surface area (Å²) in [6, 6.07) is 6.85. The van der Waals surface area contributed by atoms with Crippen LogP contribution in [0.5, 0.6) is 5.75 Å². The van der Waals surface area contributed by atoms with Crippen LogP contribution >= 0.6 is 0 Å². The summed E-state index contributed by atoms with van der Waals surface area (Å²) in [5, 5.41) is 11.8. The number of phenols is 1. The first kappa shape index (κ1) is 20.1. The van der Waals surface area contributed by atoms with Crippen molar-refractivity contribution in [2.24, 2.45) is 0 Å². The number of carbonyl (C=O) groups is 2. The van der Waals surface area contributed by atoms with Crippen molar-refractivity contribution < 1.29 is 23.1 Å². The Morgan fingerprint density at radius 2 is 1.92 bits per heavy atom. The fourth-order valence-corrected chi connectivity index (χ4v) is 3.31. The van der Waals surface area contributed by atoms with Crippen molar-refractivity contribution in [3.05, 3.63) is 29.8 Å². The summed E-state index contributed by atoms with van der Waals surface area (Å²) in [5.74, 6) is -0.936. The molecule has 1 fully saturated rings. The van der Waals surface area contributed by atoms with Crippen molar-refractivity contribution in [2.45, 2.75) is 18.8 Å². The first-order valence-corrected chi connectivity index (χ1v) is 9.85. The monoisotopic (exact) mass is 384 g/mol. The van der Waals surface area contributed by atoms with Gasteiger partial charge in [-0.1, -0.05) is 12.1 Å². The SMILES string of the molecule is CNS(=O)(=O)NCCCNC(=O)C(=O)N1CCC(c2ccc(O)cc2)C1. The van der Waals surface area contributed by atoms with Crippen molar-refractivity contribution in [1.29, 1.82) is 0 Å². The maximum Gasteiger partial charge on any atom is 0.311 e. The average Bonchev–Trinajstić information content (AvgIpc) is 3.11. The molecule has 0 saturated carbocycles. The first-order chi connectivity index (χ1) is 12.3. The highest BCUT2D eigenvalue weighted by Crippen LogP contribution is 2.28. The van der Waals surface area contributed by atoms with E-state index in [0.717, 1.165) is 12.0 Å². The Balaban J connectivity index is 1.73. The summed E-state index contributed by atoms with van der Waals surface area (Å²) in [4.78, 5) is 25.7. The van der Waals surface area contributed by atoms with Gasteiger partial charge in [0.2, 0.25) is 0 Å². The Bertz CT molecular complexity index is 736. The van der Waals surface area contributed by atoms with Crippen LogP contribution in [0.1, 0.15) is 24.3 Å². The van der Waals surface area contributed by atoms with Crippen LogP contribution in [0.2, 0.25) is 0 Å². The Morgan fingerprint density at radius 3 is 2.58 bits per heavy atom. The fraction of sp³-hybridized carbons (Fsp3) is 0.500. The molecule has 1 aromatic carbocycles. The Kier molecular flexibility index (Phi) is 6.95. The van der Waals surface area contributed by atoms with E-state index in [1.165, 1.54) is 11.9 Å². The number of benzene rings is 1. The van der Waals surface area contributed by atoms with Crippen LogP contribution < -0.4 is 14.8 Å². The van der Waals surface area contributed by atoms with Crippen LogP contribution in [0.3, 0.4) is 0 Å². The summed E-state index contributed by atoms with van der Waals surface area (Å²) in [6.07, 6.45) is 1.13. The predicted molar refractivity (Wildman–Crippen MR) is 95.7 cm³/mol. The van der Waals surface area contributed by atoms with Crippen LogP contribution in [0.25, 0.3) is 0 Å². The molecule has 1 aromatic rings. The number of aromatic hydroxyl groups is 1. The number of likely N-dealkylation sites (tertiary alicyclic amines) is 1. The van der Waals surface area contributed by atoms with E-state index in [2.05, 4.69) is 14.8 Å². The van der Waals surface area contributed by atoms with Gasteiger partial charge in [-0.25, -0.2) is 9.44 Å². The number of amides is 2. The molecule has 2 amide bonds. The molecule has 1 atom stereocenters. The molecule has 0 aromatic heterocycles. The highest BCUT2D eigenvalue weighted by Gasteiger charge is 2.30. The average molecular weight is 384 g/mol. The lowest BCUT2D eigenvalue weighted by molar-refractivity contribution is -0.145. The molecule has 0 bridgehead atoms. The molecule has 1 aliphatic heterocycles. The highest BCUT2D eigenvalue weighted by molar-refractivity contribution is 7.87. The van der Waals surface area contributed by atoms with E-state index in [9.17, 15) is 23.1 Å². The maximum absolute atomic E-state index is 12.2. The van der Waals surface area contributed by atoms with Gasteiger partial charge in [0.25, 0.3) is 10.2 Å². The van der Waals surface area contributed by atoms with E-state index in [1.54, 1.807) is 12.1 Å². The smallest absolute Gasteiger partial charge is 0.311 e. The van der Waals surface area contributed by atoms with Crippen LogP contribution in [-0.2, 0) is 19.8 Å². The summed E-state index contributed by atoms with van der Waals surface area (Å²) < 4.78 is 26.7. The second-order valence-electron chi connectivity index (χ2n) is 6.04. The summed E-state index contributed by atoms with van der Waals surface area (Å²) in [7, 11) is -2.19. The van der Waals surface area contributed by atoms with Crippen LogP contribution in [0.4, 0.5) is 0 Å². The predicted octanol–water partition coefficient (Wildman–Crippen LogP) is -0.732. The van der Waals surface area contributed by atoms with Gasteiger partial charge in [-0.15, -0.1) is 0 Å². The molecule has 10 heteroatoms. The fourth-order valence-electron chi connectivity index (χ4n) is 2.75. The molecule has 2 rings (SSSR count). The molecule has 0 aliphatic carbocycles. The van der Waals surface area contributed by atoms with Crippen molar-refractivity contribution in [3.8, 4) is 5.75 Å². The summed E-state index contributed by atoms with van der Waals surface area (Å²) in [6.45, 7) is 1.31. The van der Waals surface area contributed by atoms with Crippen molar-refractivity contribution in [1.82, 2.24) is 19.7 Å². The molecule has 26 heavy (non-hydrogen) atoms. The molecular formula is C16H24N4O5S. The Labute approximate surface area is 152 Å². The van der Waals surface area contributed by atoms with Gasteiger partial charge in [-0.05, 0) is 30.5 Å². The third kappa shape index (κ3) is 5.68. The number of rotatable bonds is 7.